The molecule has 92 valence electrons. The van der Waals surface area contributed by atoms with E-state index in [1.165, 1.54) is 0 Å². The Bertz CT molecular complexity index is 374. The van der Waals surface area contributed by atoms with Gasteiger partial charge in [0.1, 0.15) is 0 Å². The van der Waals surface area contributed by atoms with Crippen molar-refractivity contribution in [3.05, 3.63) is 35.9 Å². The third kappa shape index (κ3) is 3.05. The number of hydrogen-bond donors (Lipinski definition) is 2. The summed E-state index contributed by atoms with van der Waals surface area (Å²) < 4.78 is 0. The minimum atomic E-state index is -0.332. The van der Waals surface area contributed by atoms with E-state index in [0.29, 0.717) is 25.9 Å². The van der Waals surface area contributed by atoms with Crippen LogP contribution >= 0.6 is 0 Å². The number of carbonyl (C=O) groups excluding carboxylic acids is 1. The van der Waals surface area contributed by atoms with Gasteiger partial charge in [-0.15, -0.1) is 0 Å². The molecule has 1 aromatic rings. The third-order valence-electron chi connectivity index (χ3n) is 3.11. The first kappa shape index (κ1) is 12.1. The van der Waals surface area contributed by atoms with E-state index in [1.807, 2.05) is 30.3 Å². The van der Waals surface area contributed by atoms with Crippen LogP contribution in [0.15, 0.2) is 30.3 Å². The Hall–Kier alpha value is -1.39. The minimum absolute atomic E-state index is 0.0849. The molecule has 1 aliphatic heterocycles. The van der Waals surface area contributed by atoms with Crippen molar-refractivity contribution in [1.82, 2.24) is 4.90 Å². The van der Waals surface area contributed by atoms with Gasteiger partial charge in [-0.25, -0.2) is 0 Å². The highest BCUT2D eigenvalue weighted by molar-refractivity contribution is 5.77. The molecule has 0 spiro atoms. The molecule has 1 aromatic carbocycles. The Morgan fingerprint density at radius 1 is 1.41 bits per heavy atom. The van der Waals surface area contributed by atoms with Crippen LogP contribution in [-0.4, -0.2) is 35.1 Å². The average molecular weight is 234 g/mol. The summed E-state index contributed by atoms with van der Waals surface area (Å²) in [5, 5.41) is 9.10. The molecule has 3 N–H and O–H groups in total. The van der Waals surface area contributed by atoms with E-state index < -0.39 is 0 Å². The second kappa shape index (κ2) is 5.29. The summed E-state index contributed by atoms with van der Waals surface area (Å²) in [6.45, 7) is 0.943. The predicted molar refractivity (Wildman–Crippen MR) is 65.2 cm³/mol. The molecular weight excluding hydrogens is 216 g/mol. The smallest absolute Gasteiger partial charge is 0.222 e. The molecule has 1 saturated heterocycles. The fourth-order valence-electron chi connectivity index (χ4n) is 1.96. The molecule has 4 nitrogen and oxygen atoms in total. The van der Waals surface area contributed by atoms with Gasteiger partial charge in [0, 0.05) is 25.6 Å². The number of hydrogen-bond acceptors (Lipinski definition) is 3. The van der Waals surface area contributed by atoms with Crippen LogP contribution in [0.25, 0.3) is 0 Å². The topological polar surface area (TPSA) is 66.6 Å². The van der Waals surface area contributed by atoms with E-state index in [1.54, 1.807) is 4.90 Å². The number of benzene rings is 1. The Kier molecular flexibility index (Phi) is 3.76. The van der Waals surface area contributed by atoms with Crippen molar-refractivity contribution in [2.45, 2.75) is 25.0 Å². The molecule has 1 fully saturated rings. The molecule has 0 bridgehead atoms. The fourth-order valence-corrected chi connectivity index (χ4v) is 1.96. The maximum absolute atomic E-state index is 11.7. The highest BCUT2D eigenvalue weighted by atomic mass is 16.3. The number of nitrogens with zero attached hydrogens (tertiary/aromatic N) is 1. The Morgan fingerprint density at radius 2 is 2.06 bits per heavy atom. The van der Waals surface area contributed by atoms with Crippen molar-refractivity contribution < 1.29 is 9.90 Å². The zero-order chi connectivity index (χ0) is 12.3. The molecule has 1 aliphatic rings. The van der Waals surface area contributed by atoms with Gasteiger partial charge in [-0.2, -0.15) is 0 Å². The summed E-state index contributed by atoms with van der Waals surface area (Å²) in [4.78, 5) is 13.3. The molecule has 4 heteroatoms. The van der Waals surface area contributed by atoms with E-state index in [-0.39, 0.29) is 18.1 Å². The number of carbonyl (C=O) groups is 1. The monoisotopic (exact) mass is 234 g/mol. The van der Waals surface area contributed by atoms with Gasteiger partial charge in [-0.3, -0.25) is 4.79 Å². The van der Waals surface area contributed by atoms with Gasteiger partial charge in [-0.05, 0) is 12.0 Å². The van der Waals surface area contributed by atoms with Crippen LogP contribution in [0.2, 0.25) is 0 Å². The van der Waals surface area contributed by atoms with Crippen molar-refractivity contribution >= 4 is 5.91 Å². The number of aliphatic hydroxyl groups is 1. The molecule has 17 heavy (non-hydrogen) atoms. The average Bonchev–Trinajstić information content (AvgIpc) is 2.32. The standard InChI is InChI=1S/C13H18N2O2/c14-12(10-4-2-1-3-5-10)6-7-13(17)15-8-11(16)9-15/h1-5,11-12,16H,6-9,14H2. The van der Waals surface area contributed by atoms with Crippen LogP contribution in [0, 0.1) is 0 Å². The predicted octanol–water partition coefficient (Wildman–Crippen LogP) is 0.670. The zero-order valence-electron chi connectivity index (χ0n) is 9.75. The summed E-state index contributed by atoms with van der Waals surface area (Å²) in [5.41, 5.74) is 7.07. The lowest BCUT2D eigenvalue weighted by atomic mass is 10.0. The van der Waals surface area contributed by atoms with Gasteiger partial charge in [-0.1, -0.05) is 30.3 Å². The summed E-state index contributed by atoms with van der Waals surface area (Å²) >= 11 is 0. The van der Waals surface area contributed by atoms with Crippen molar-refractivity contribution in [2.75, 3.05) is 13.1 Å². The van der Waals surface area contributed by atoms with Gasteiger partial charge < -0.3 is 15.7 Å². The number of amides is 1. The molecule has 1 atom stereocenters. The number of rotatable bonds is 4. The second-order valence-electron chi connectivity index (χ2n) is 4.51. The first-order valence-corrected chi connectivity index (χ1v) is 5.93. The van der Waals surface area contributed by atoms with Crippen LogP contribution < -0.4 is 5.73 Å². The molecule has 1 unspecified atom stereocenters. The number of β-amino-alcohol motifs (C(OH)–C–C–N with tert-alkyl or cyclic N) is 1. The maximum atomic E-state index is 11.7. The number of nitrogens with two attached hydrogens (primary N) is 1. The summed E-state index contributed by atoms with van der Waals surface area (Å²) in [7, 11) is 0. The van der Waals surface area contributed by atoms with E-state index >= 15 is 0 Å². The van der Waals surface area contributed by atoms with Crippen LogP contribution in [0.1, 0.15) is 24.4 Å². The quantitative estimate of drug-likeness (QED) is 0.804. The van der Waals surface area contributed by atoms with E-state index in [9.17, 15) is 4.79 Å². The Balaban J connectivity index is 1.76. The van der Waals surface area contributed by atoms with Crippen LogP contribution in [0.5, 0.6) is 0 Å². The van der Waals surface area contributed by atoms with Gasteiger partial charge in [0.25, 0.3) is 0 Å². The normalized spacial score (nSPS) is 17.6. The van der Waals surface area contributed by atoms with E-state index in [0.717, 1.165) is 5.56 Å². The lowest BCUT2D eigenvalue weighted by Gasteiger charge is -2.36. The SMILES string of the molecule is NC(CCC(=O)N1CC(O)C1)c1ccccc1. The molecule has 0 aromatic heterocycles. The van der Waals surface area contributed by atoms with Crippen molar-refractivity contribution in [3.63, 3.8) is 0 Å². The third-order valence-corrected chi connectivity index (χ3v) is 3.11. The van der Waals surface area contributed by atoms with Crippen molar-refractivity contribution in [2.24, 2.45) is 5.73 Å². The lowest BCUT2D eigenvalue weighted by molar-refractivity contribution is -0.141. The molecule has 1 amide bonds. The second-order valence-corrected chi connectivity index (χ2v) is 4.51. The fraction of sp³-hybridized carbons (Fsp3) is 0.462. The molecule has 2 rings (SSSR count). The Morgan fingerprint density at radius 3 is 2.65 bits per heavy atom. The summed E-state index contributed by atoms with van der Waals surface area (Å²) in [6.07, 6.45) is 0.764. The largest absolute Gasteiger partial charge is 0.389 e. The van der Waals surface area contributed by atoms with Crippen molar-refractivity contribution in [1.29, 1.82) is 0 Å². The number of aliphatic hydroxyl groups excluding tert-OH is 1. The van der Waals surface area contributed by atoms with Crippen LogP contribution in [-0.2, 0) is 4.79 Å². The summed E-state index contributed by atoms with van der Waals surface area (Å²) in [5.74, 6) is 0.0849. The lowest BCUT2D eigenvalue weighted by Crippen LogP contribution is -2.53. The van der Waals surface area contributed by atoms with Crippen LogP contribution in [0.4, 0.5) is 0 Å². The molecule has 0 radical (unpaired) electrons. The van der Waals surface area contributed by atoms with Gasteiger partial charge >= 0.3 is 0 Å². The highest BCUT2D eigenvalue weighted by Crippen LogP contribution is 2.17. The molecular formula is C13H18N2O2. The Labute approximate surface area is 101 Å². The summed E-state index contributed by atoms with van der Waals surface area (Å²) in [6, 6.07) is 9.70. The first-order valence-electron chi connectivity index (χ1n) is 5.93. The maximum Gasteiger partial charge on any atom is 0.222 e. The van der Waals surface area contributed by atoms with E-state index in [2.05, 4.69) is 0 Å². The van der Waals surface area contributed by atoms with Crippen molar-refractivity contribution in [3.8, 4) is 0 Å². The minimum Gasteiger partial charge on any atom is -0.389 e. The molecule has 0 aliphatic carbocycles. The highest BCUT2D eigenvalue weighted by Gasteiger charge is 2.28. The molecule has 0 saturated carbocycles. The molecule has 1 heterocycles. The number of likely N-dealkylation sites (tertiary alicyclic amines) is 1. The van der Waals surface area contributed by atoms with E-state index in [4.69, 9.17) is 10.8 Å². The van der Waals surface area contributed by atoms with Gasteiger partial charge in [0.2, 0.25) is 5.91 Å². The van der Waals surface area contributed by atoms with Crippen LogP contribution in [0.3, 0.4) is 0 Å². The van der Waals surface area contributed by atoms with Gasteiger partial charge in [0.15, 0.2) is 0 Å². The zero-order valence-corrected chi connectivity index (χ0v) is 9.75. The first-order chi connectivity index (χ1) is 8.16. The van der Waals surface area contributed by atoms with Gasteiger partial charge in [0.05, 0.1) is 6.10 Å².